The fraction of sp³-hybridized carbons (Fsp3) is 0.458. The van der Waals surface area contributed by atoms with Crippen LogP contribution < -0.4 is 0 Å². The maximum absolute atomic E-state index is 14.5. The van der Waals surface area contributed by atoms with Crippen molar-refractivity contribution in [3.63, 3.8) is 0 Å². The van der Waals surface area contributed by atoms with Crippen molar-refractivity contribution in [2.45, 2.75) is 65.8 Å². The second-order valence-corrected chi connectivity index (χ2v) is 7.99. The third-order valence-corrected chi connectivity index (χ3v) is 6.61. The van der Waals surface area contributed by atoms with Crippen LogP contribution in [0.2, 0.25) is 0 Å². The van der Waals surface area contributed by atoms with E-state index in [4.69, 9.17) is 4.99 Å². The number of aliphatic imine (C=N–C) groups is 1. The zero-order chi connectivity index (χ0) is 19.9. The molecule has 1 aliphatic heterocycles. The molecular formula is C24H31FN2. The van der Waals surface area contributed by atoms with Crippen molar-refractivity contribution in [2.24, 2.45) is 4.99 Å². The molecule has 0 aliphatic carbocycles. The zero-order valence-corrected chi connectivity index (χ0v) is 17.7. The fourth-order valence-electron chi connectivity index (χ4n) is 4.50. The molecule has 144 valence electrons. The number of nitrogens with zero attached hydrogens (tertiary/aromatic N) is 2. The smallest absolute Gasteiger partial charge is 0.129 e. The number of hydrogen-bond donors (Lipinski definition) is 0. The summed E-state index contributed by atoms with van der Waals surface area (Å²) < 4.78 is 14.5. The van der Waals surface area contributed by atoms with Crippen molar-refractivity contribution in [3.05, 3.63) is 63.5 Å². The Morgan fingerprint density at radius 1 is 1.07 bits per heavy atom. The molecule has 1 unspecified atom stereocenters. The van der Waals surface area contributed by atoms with Crippen molar-refractivity contribution in [1.29, 1.82) is 0 Å². The summed E-state index contributed by atoms with van der Waals surface area (Å²) >= 11 is 0. The minimum atomic E-state index is -0.383. The number of benzene rings is 2. The van der Waals surface area contributed by atoms with Gasteiger partial charge in [0.05, 0.1) is 17.6 Å². The van der Waals surface area contributed by atoms with Crippen LogP contribution in [0.1, 0.15) is 72.9 Å². The first-order valence-corrected chi connectivity index (χ1v) is 9.94. The van der Waals surface area contributed by atoms with Gasteiger partial charge in [0.25, 0.3) is 0 Å². The van der Waals surface area contributed by atoms with Crippen molar-refractivity contribution in [1.82, 2.24) is 4.90 Å². The molecule has 0 radical (unpaired) electrons. The molecule has 0 aromatic heterocycles. The Labute approximate surface area is 163 Å². The molecule has 2 aromatic rings. The lowest BCUT2D eigenvalue weighted by Crippen LogP contribution is -2.44. The number of halogens is 1. The molecule has 27 heavy (non-hydrogen) atoms. The Morgan fingerprint density at radius 2 is 1.74 bits per heavy atom. The number of hydrogen-bond acceptors (Lipinski definition) is 2. The lowest BCUT2D eigenvalue weighted by atomic mass is 9.76. The van der Waals surface area contributed by atoms with E-state index in [1.54, 1.807) is 0 Å². The molecule has 1 heterocycles. The average molecular weight is 367 g/mol. The summed E-state index contributed by atoms with van der Waals surface area (Å²) in [5.41, 5.74) is 6.82. The van der Waals surface area contributed by atoms with Gasteiger partial charge in [-0.05, 0) is 74.3 Å². The molecule has 3 rings (SSSR count). The van der Waals surface area contributed by atoms with Crippen LogP contribution in [-0.4, -0.2) is 18.3 Å². The van der Waals surface area contributed by atoms with E-state index in [-0.39, 0.29) is 11.4 Å². The molecule has 0 N–H and O–H groups in total. The Hall–Kier alpha value is -2.16. The summed E-state index contributed by atoms with van der Waals surface area (Å²) in [5.74, 6) is 0.403. The molecular weight excluding hydrogens is 335 g/mol. The molecule has 2 nitrogen and oxygen atoms in total. The highest BCUT2D eigenvalue weighted by molar-refractivity contribution is 5.74. The Bertz CT molecular complexity index is 896. The van der Waals surface area contributed by atoms with E-state index in [0.29, 0.717) is 11.5 Å². The molecule has 0 bridgehead atoms. The van der Waals surface area contributed by atoms with Gasteiger partial charge in [-0.3, -0.25) is 0 Å². The average Bonchev–Trinajstić information content (AvgIpc) is 2.67. The van der Waals surface area contributed by atoms with Crippen molar-refractivity contribution >= 4 is 12.0 Å². The predicted octanol–water partition coefficient (Wildman–Crippen LogP) is 6.52. The van der Waals surface area contributed by atoms with Gasteiger partial charge in [-0.1, -0.05) is 38.1 Å². The SMILES string of the molecule is CCC(CC)c1cccc2c1N=CN(C)C2(C)c1cc(C)c(F)c(C)c1C. The van der Waals surface area contributed by atoms with E-state index < -0.39 is 0 Å². The minimum absolute atomic E-state index is 0.0991. The van der Waals surface area contributed by atoms with E-state index in [0.717, 1.165) is 35.2 Å². The summed E-state index contributed by atoms with van der Waals surface area (Å²) in [6, 6.07) is 8.56. The normalized spacial score (nSPS) is 18.9. The maximum Gasteiger partial charge on any atom is 0.129 e. The molecule has 0 amide bonds. The second-order valence-electron chi connectivity index (χ2n) is 7.99. The fourth-order valence-corrected chi connectivity index (χ4v) is 4.50. The predicted molar refractivity (Wildman–Crippen MR) is 113 cm³/mol. The van der Waals surface area contributed by atoms with E-state index in [1.165, 1.54) is 11.1 Å². The zero-order valence-electron chi connectivity index (χ0n) is 17.7. The number of aryl methyl sites for hydroxylation is 1. The van der Waals surface area contributed by atoms with Gasteiger partial charge < -0.3 is 4.90 Å². The maximum atomic E-state index is 14.5. The van der Waals surface area contributed by atoms with E-state index >= 15 is 0 Å². The van der Waals surface area contributed by atoms with E-state index in [2.05, 4.69) is 50.9 Å². The molecule has 0 saturated carbocycles. The van der Waals surface area contributed by atoms with Gasteiger partial charge in [-0.15, -0.1) is 0 Å². The summed E-state index contributed by atoms with van der Waals surface area (Å²) in [7, 11) is 2.06. The minimum Gasteiger partial charge on any atom is -0.352 e. The van der Waals surface area contributed by atoms with E-state index in [1.807, 2.05) is 33.2 Å². The first kappa shape index (κ1) is 19.6. The number of rotatable bonds is 4. The quantitative estimate of drug-likeness (QED) is 0.601. The van der Waals surface area contributed by atoms with Crippen molar-refractivity contribution in [2.75, 3.05) is 7.05 Å². The summed E-state index contributed by atoms with van der Waals surface area (Å²) in [6.45, 7) is 12.5. The van der Waals surface area contributed by atoms with Crippen LogP contribution in [0.25, 0.3) is 0 Å². The molecule has 3 heteroatoms. The van der Waals surface area contributed by atoms with Crippen LogP contribution in [0.4, 0.5) is 10.1 Å². The molecule has 0 saturated heterocycles. The molecule has 1 aliphatic rings. The van der Waals surface area contributed by atoms with Gasteiger partial charge in [0.15, 0.2) is 0 Å². The monoisotopic (exact) mass is 366 g/mol. The third kappa shape index (κ3) is 2.88. The number of para-hydroxylation sites is 1. The highest BCUT2D eigenvalue weighted by Gasteiger charge is 2.39. The van der Waals surface area contributed by atoms with Gasteiger partial charge in [-0.25, -0.2) is 9.38 Å². The highest BCUT2D eigenvalue weighted by Crippen LogP contribution is 2.47. The summed E-state index contributed by atoms with van der Waals surface area (Å²) in [5, 5.41) is 0. The van der Waals surface area contributed by atoms with Gasteiger partial charge in [-0.2, -0.15) is 0 Å². The third-order valence-electron chi connectivity index (χ3n) is 6.61. The van der Waals surface area contributed by atoms with Gasteiger partial charge in [0.1, 0.15) is 5.82 Å². The molecule has 0 spiro atoms. The first-order chi connectivity index (χ1) is 12.8. The van der Waals surface area contributed by atoms with Gasteiger partial charge in [0, 0.05) is 12.6 Å². The van der Waals surface area contributed by atoms with Gasteiger partial charge >= 0.3 is 0 Å². The molecule has 1 atom stereocenters. The Kier molecular flexibility index (Phi) is 5.16. The molecule has 2 aromatic carbocycles. The number of fused-ring (bicyclic) bond motifs is 1. The van der Waals surface area contributed by atoms with Crippen LogP contribution in [0.3, 0.4) is 0 Å². The van der Waals surface area contributed by atoms with Crippen LogP contribution in [0.5, 0.6) is 0 Å². The van der Waals surface area contributed by atoms with Gasteiger partial charge in [0.2, 0.25) is 0 Å². The largest absolute Gasteiger partial charge is 0.352 e. The standard InChI is InChI=1S/C24H31FN2/c1-8-18(9-2)19-11-10-12-20-23(19)26-14-27(7)24(20,6)21-13-15(3)22(25)17(5)16(21)4/h10-14,18H,8-9H2,1-7H3. The summed E-state index contributed by atoms with van der Waals surface area (Å²) in [6.07, 6.45) is 4.13. The first-order valence-electron chi connectivity index (χ1n) is 9.94. The van der Waals surface area contributed by atoms with E-state index in [9.17, 15) is 4.39 Å². The van der Waals surface area contributed by atoms with Crippen LogP contribution in [0.15, 0.2) is 29.3 Å². The Balaban J connectivity index is 2.31. The van der Waals surface area contributed by atoms with Crippen molar-refractivity contribution in [3.8, 4) is 0 Å². The Morgan fingerprint density at radius 3 is 2.37 bits per heavy atom. The lowest BCUT2D eigenvalue weighted by Gasteiger charge is -2.44. The van der Waals surface area contributed by atoms with Crippen LogP contribution in [-0.2, 0) is 5.54 Å². The highest BCUT2D eigenvalue weighted by atomic mass is 19.1. The van der Waals surface area contributed by atoms with Crippen molar-refractivity contribution < 1.29 is 4.39 Å². The summed E-state index contributed by atoms with van der Waals surface area (Å²) in [4.78, 5) is 6.99. The molecule has 0 fully saturated rings. The second kappa shape index (κ2) is 7.10. The topological polar surface area (TPSA) is 15.6 Å². The van der Waals surface area contributed by atoms with Crippen LogP contribution >= 0.6 is 0 Å². The van der Waals surface area contributed by atoms with Crippen LogP contribution in [0, 0.1) is 26.6 Å². The lowest BCUT2D eigenvalue weighted by molar-refractivity contribution is 0.290.